The minimum absolute atomic E-state index is 0.290. The monoisotopic (exact) mass is 356 g/mol. The summed E-state index contributed by atoms with van der Waals surface area (Å²) in [6.45, 7) is 3.84. The Labute approximate surface area is 127 Å². The van der Waals surface area contributed by atoms with Crippen molar-refractivity contribution < 1.29 is 8.42 Å². The summed E-state index contributed by atoms with van der Waals surface area (Å²) in [6.07, 6.45) is 3.96. The number of hydrogen-bond donors (Lipinski definition) is 1. The smallest absolute Gasteiger partial charge is 0.241 e. The van der Waals surface area contributed by atoms with Gasteiger partial charge < -0.3 is 0 Å². The number of rotatable bonds is 5. The average Bonchev–Trinajstić information content (AvgIpc) is 2.46. The predicted octanol–water partition coefficient (Wildman–Crippen LogP) is 3.08. The average molecular weight is 357 g/mol. The van der Waals surface area contributed by atoms with Crippen LogP contribution >= 0.6 is 15.9 Å². The molecule has 1 heterocycles. The fourth-order valence-corrected chi connectivity index (χ4v) is 4.33. The molecule has 4 nitrogen and oxygen atoms in total. The third kappa shape index (κ3) is 3.02. The second kappa shape index (κ2) is 5.79. The number of nitrogens with one attached hydrogen (secondary N) is 1. The van der Waals surface area contributed by atoms with Crippen molar-refractivity contribution in [2.45, 2.75) is 30.7 Å². The number of pyridine rings is 1. The van der Waals surface area contributed by atoms with Crippen molar-refractivity contribution in [3.63, 3.8) is 0 Å². The first-order valence-electron chi connectivity index (χ1n) is 6.34. The van der Waals surface area contributed by atoms with Gasteiger partial charge in [-0.05, 0) is 25.5 Å². The van der Waals surface area contributed by atoms with Gasteiger partial charge in [0.25, 0.3) is 0 Å². The molecule has 0 radical (unpaired) electrons. The summed E-state index contributed by atoms with van der Waals surface area (Å²) in [4.78, 5) is 4.31. The van der Waals surface area contributed by atoms with Crippen LogP contribution in [0.4, 0.5) is 0 Å². The molecule has 0 saturated heterocycles. The molecular formula is C14H17BrN2O2S. The molecule has 0 aliphatic rings. The van der Waals surface area contributed by atoms with Crippen LogP contribution in [0.1, 0.15) is 20.3 Å². The highest BCUT2D eigenvalue weighted by molar-refractivity contribution is 9.09. The summed E-state index contributed by atoms with van der Waals surface area (Å²) in [5, 5.41) is 2.05. The lowest BCUT2D eigenvalue weighted by molar-refractivity contribution is 0.450. The lowest BCUT2D eigenvalue weighted by Gasteiger charge is -2.27. The molecule has 20 heavy (non-hydrogen) atoms. The molecule has 0 fully saturated rings. The first kappa shape index (κ1) is 15.4. The van der Waals surface area contributed by atoms with E-state index in [2.05, 4.69) is 25.6 Å². The Kier molecular flexibility index (Phi) is 4.46. The standard InChI is InChI=1S/C14H17BrN2O2S/c1-3-14(2,10-15)17-20(18,19)13-6-4-5-11-9-16-8-7-12(11)13/h4-9,17H,3,10H2,1-2H3. The molecule has 1 aromatic heterocycles. The van der Waals surface area contributed by atoms with Crippen LogP contribution < -0.4 is 4.72 Å². The molecule has 1 N–H and O–H groups in total. The van der Waals surface area contributed by atoms with Crippen LogP contribution in [-0.4, -0.2) is 24.3 Å². The Morgan fingerprint density at radius 2 is 2.10 bits per heavy atom. The minimum atomic E-state index is -3.58. The van der Waals surface area contributed by atoms with Gasteiger partial charge in [0.1, 0.15) is 0 Å². The maximum Gasteiger partial charge on any atom is 0.241 e. The summed E-state index contributed by atoms with van der Waals surface area (Å²) < 4.78 is 28.0. The molecule has 0 bridgehead atoms. The van der Waals surface area contributed by atoms with Crippen LogP contribution in [-0.2, 0) is 10.0 Å². The zero-order valence-electron chi connectivity index (χ0n) is 11.4. The van der Waals surface area contributed by atoms with Crippen molar-refractivity contribution in [2.24, 2.45) is 0 Å². The summed E-state index contributed by atoms with van der Waals surface area (Å²) in [5.41, 5.74) is -0.506. The molecule has 2 rings (SSSR count). The predicted molar refractivity (Wildman–Crippen MR) is 84.6 cm³/mol. The Morgan fingerprint density at radius 3 is 2.75 bits per heavy atom. The second-order valence-corrected chi connectivity index (χ2v) is 7.22. The minimum Gasteiger partial charge on any atom is -0.264 e. The number of hydrogen-bond acceptors (Lipinski definition) is 3. The van der Waals surface area contributed by atoms with Gasteiger partial charge in [-0.15, -0.1) is 0 Å². The van der Waals surface area contributed by atoms with E-state index >= 15 is 0 Å². The van der Waals surface area contributed by atoms with Crippen molar-refractivity contribution in [3.05, 3.63) is 36.7 Å². The fourth-order valence-electron chi connectivity index (χ4n) is 1.90. The van der Waals surface area contributed by atoms with Crippen LogP contribution in [0.3, 0.4) is 0 Å². The maximum atomic E-state index is 12.6. The summed E-state index contributed by atoms with van der Waals surface area (Å²) in [6, 6.07) is 6.93. The highest BCUT2D eigenvalue weighted by Crippen LogP contribution is 2.24. The summed E-state index contributed by atoms with van der Waals surface area (Å²) >= 11 is 3.37. The van der Waals surface area contributed by atoms with Crippen LogP contribution in [0, 0.1) is 0 Å². The quantitative estimate of drug-likeness (QED) is 0.837. The molecule has 0 amide bonds. The normalized spacial score (nSPS) is 15.2. The maximum absolute atomic E-state index is 12.6. The highest BCUT2D eigenvalue weighted by atomic mass is 79.9. The topological polar surface area (TPSA) is 59.1 Å². The van der Waals surface area contributed by atoms with Gasteiger partial charge in [0.2, 0.25) is 10.0 Å². The Hall–Kier alpha value is -0.980. The van der Waals surface area contributed by atoms with Crippen molar-refractivity contribution in [2.75, 3.05) is 5.33 Å². The van der Waals surface area contributed by atoms with Gasteiger partial charge in [-0.1, -0.05) is 35.0 Å². The molecule has 0 aliphatic carbocycles. The Bertz CT molecular complexity index is 707. The molecule has 1 atom stereocenters. The van der Waals surface area contributed by atoms with E-state index in [0.29, 0.717) is 17.1 Å². The molecule has 6 heteroatoms. The number of benzene rings is 1. The number of nitrogens with zero attached hydrogens (tertiary/aromatic N) is 1. The van der Waals surface area contributed by atoms with Crippen LogP contribution in [0.5, 0.6) is 0 Å². The third-order valence-electron chi connectivity index (χ3n) is 3.39. The Morgan fingerprint density at radius 1 is 1.35 bits per heavy atom. The van der Waals surface area contributed by atoms with Crippen LogP contribution in [0.25, 0.3) is 10.8 Å². The van der Waals surface area contributed by atoms with Gasteiger partial charge in [0, 0.05) is 34.0 Å². The van der Waals surface area contributed by atoms with E-state index in [0.717, 1.165) is 5.39 Å². The summed E-state index contributed by atoms with van der Waals surface area (Å²) in [7, 11) is -3.58. The fraction of sp³-hybridized carbons (Fsp3) is 0.357. The van der Waals surface area contributed by atoms with Crippen molar-refractivity contribution in [1.29, 1.82) is 0 Å². The van der Waals surface area contributed by atoms with E-state index in [1.54, 1.807) is 30.6 Å². The molecule has 0 aliphatic heterocycles. The number of fused-ring (bicyclic) bond motifs is 1. The van der Waals surface area contributed by atoms with Crippen molar-refractivity contribution in [1.82, 2.24) is 9.71 Å². The van der Waals surface area contributed by atoms with E-state index < -0.39 is 15.6 Å². The van der Waals surface area contributed by atoms with Gasteiger partial charge in [-0.25, -0.2) is 13.1 Å². The van der Waals surface area contributed by atoms with Crippen LogP contribution in [0.15, 0.2) is 41.6 Å². The largest absolute Gasteiger partial charge is 0.264 e. The van der Waals surface area contributed by atoms with Gasteiger partial charge in [0.05, 0.1) is 4.90 Å². The molecule has 1 aromatic carbocycles. The molecule has 0 spiro atoms. The zero-order chi connectivity index (χ0) is 14.8. The lowest BCUT2D eigenvalue weighted by Crippen LogP contribution is -2.46. The lowest BCUT2D eigenvalue weighted by atomic mass is 10.0. The molecule has 2 aromatic rings. The van der Waals surface area contributed by atoms with Gasteiger partial charge in [-0.3, -0.25) is 4.98 Å². The van der Waals surface area contributed by atoms with Gasteiger partial charge >= 0.3 is 0 Å². The molecule has 0 saturated carbocycles. The zero-order valence-corrected chi connectivity index (χ0v) is 13.8. The first-order chi connectivity index (χ1) is 9.42. The third-order valence-corrected chi connectivity index (χ3v) is 6.32. The number of sulfonamides is 1. The molecular weight excluding hydrogens is 340 g/mol. The van der Waals surface area contributed by atoms with Crippen LogP contribution in [0.2, 0.25) is 0 Å². The van der Waals surface area contributed by atoms with E-state index in [4.69, 9.17) is 0 Å². The van der Waals surface area contributed by atoms with E-state index in [1.807, 2.05) is 19.9 Å². The van der Waals surface area contributed by atoms with E-state index in [9.17, 15) is 8.42 Å². The van der Waals surface area contributed by atoms with E-state index in [-0.39, 0.29) is 4.90 Å². The Balaban J connectivity index is 2.53. The molecule has 108 valence electrons. The van der Waals surface area contributed by atoms with Gasteiger partial charge in [-0.2, -0.15) is 0 Å². The number of alkyl halides is 1. The van der Waals surface area contributed by atoms with Crippen molar-refractivity contribution >= 4 is 36.7 Å². The van der Waals surface area contributed by atoms with Gasteiger partial charge in [0.15, 0.2) is 0 Å². The number of halogens is 1. The van der Waals surface area contributed by atoms with Crippen molar-refractivity contribution in [3.8, 4) is 0 Å². The molecule has 1 unspecified atom stereocenters. The second-order valence-electron chi connectivity index (χ2n) is 5.01. The SMILES string of the molecule is CCC(C)(CBr)NS(=O)(=O)c1cccc2cnccc12. The van der Waals surface area contributed by atoms with E-state index in [1.165, 1.54) is 0 Å². The number of aromatic nitrogens is 1. The highest BCUT2D eigenvalue weighted by Gasteiger charge is 2.28. The summed E-state index contributed by atoms with van der Waals surface area (Å²) in [5.74, 6) is 0. The first-order valence-corrected chi connectivity index (χ1v) is 8.95.